The molecule has 0 saturated carbocycles. The fraction of sp³-hybridized carbons (Fsp3) is 0.294. The Labute approximate surface area is 138 Å². The number of carbonyl (C=O) groups excluding carboxylic acids is 1. The smallest absolute Gasteiger partial charge is 0.257 e. The van der Waals surface area contributed by atoms with Crippen LogP contribution in [0.3, 0.4) is 0 Å². The van der Waals surface area contributed by atoms with E-state index in [9.17, 15) is 10.1 Å². The molecule has 0 atom stereocenters. The number of aryl methyl sites for hydroxylation is 1. The topological polar surface area (TPSA) is 52.9 Å². The van der Waals surface area contributed by atoms with Crippen LogP contribution in [0.2, 0.25) is 0 Å². The highest BCUT2D eigenvalue weighted by Crippen LogP contribution is 2.38. The maximum atomic E-state index is 12.5. The molecule has 2 aromatic rings. The molecular weight excluding hydrogens is 312 g/mol. The minimum atomic E-state index is -0.139. The summed E-state index contributed by atoms with van der Waals surface area (Å²) in [6.07, 6.45) is 6.22. The van der Waals surface area contributed by atoms with E-state index in [0.29, 0.717) is 16.1 Å². The fourth-order valence-corrected chi connectivity index (χ4v) is 4.60. The van der Waals surface area contributed by atoms with E-state index >= 15 is 0 Å². The van der Waals surface area contributed by atoms with Gasteiger partial charge in [-0.25, -0.2) is 0 Å². The Morgan fingerprint density at radius 2 is 2.09 bits per heavy atom. The molecule has 1 aromatic carbocycles. The first-order chi connectivity index (χ1) is 10.7. The van der Waals surface area contributed by atoms with Crippen LogP contribution < -0.4 is 5.32 Å². The molecule has 1 N–H and O–H groups in total. The van der Waals surface area contributed by atoms with E-state index in [4.69, 9.17) is 0 Å². The van der Waals surface area contributed by atoms with Gasteiger partial charge in [-0.3, -0.25) is 4.79 Å². The molecule has 0 fully saturated rings. The zero-order valence-corrected chi connectivity index (χ0v) is 13.9. The van der Waals surface area contributed by atoms with Crippen molar-refractivity contribution in [1.82, 2.24) is 0 Å². The minimum Gasteiger partial charge on any atom is -0.312 e. The molecule has 0 spiro atoms. The summed E-state index contributed by atoms with van der Waals surface area (Å²) in [6.45, 7) is 0. The number of thioether (sulfide) groups is 1. The van der Waals surface area contributed by atoms with Gasteiger partial charge < -0.3 is 5.32 Å². The van der Waals surface area contributed by atoms with Gasteiger partial charge in [0.25, 0.3) is 5.91 Å². The van der Waals surface area contributed by atoms with Crippen molar-refractivity contribution in [3.05, 3.63) is 45.8 Å². The molecule has 22 heavy (non-hydrogen) atoms. The normalized spacial score (nSPS) is 13.3. The van der Waals surface area contributed by atoms with Gasteiger partial charge in [-0.15, -0.1) is 23.1 Å². The van der Waals surface area contributed by atoms with E-state index in [-0.39, 0.29) is 5.91 Å². The summed E-state index contributed by atoms with van der Waals surface area (Å²) >= 11 is 3.11. The van der Waals surface area contributed by atoms with Crippen LogP contribution in [0.5, 0.6) is 0 Å². The molecule has 3 rings (SSSR count). The maximum Gasteiger partial charge on any atom is 0.257 e. The summed E-state index contributed by atoms with van der Waals surface area (Å²) in [6, 6.07) is 9.82. The van der Waals surface area contributed by atoms with Crippen LogP contribution in [0.15, 0.2) is 29.2 Å². The number of hydrogen-bond donors (Lipinski definition) is 1. The van der Waals surface area contributed by atoms with Gasteiger partial charge in [-0.1, -0.05) is 12.1 Å². The van der Waals surface area contributed by atoms with Gasteiger partial charge in [-0.2, -0.15) is 5.26 Å². The van der Waals surface area contributed by atoms with Crippen molar-refractivity contribution in [2.45, 2.75) is 30.6 Å². The predicted molar refractivity (Wildman–Crippen MR) is 91.9 cm³/mol. The van der Waals surface area contributed by atoms with Gasteiger partial charge in [0.1, 0.15) is 11.1 Å². The first kappa shape index (κ1) is 15.1. The van der Waals surface area contributed by atoms with Crippen molar-refractivity contribution in [3.63, 3.8) is 0 Å². The molecule has 0 radical (unpaired) electrons. The lowest BCUT2D eigenvalue weighted by Gasteiger charge is -2.09. The average molecular weight is 328 g/mol. The summed E-state index contributed by atoms with van der Waals surface area (Å²) in [7, 11) is 0. The molecule has 0 unspecified atom stereocenters. The Bertz CT molecular complexity index is 759. The maximum absolute atomic E-state index is 12.5. The monoisotopic (exact) mass is 328 g/mol. The number of nitrogens with zero attached hydrogens (tertiary/aromatic N) is 1. The molecule has 1 aromatic heterocycles. The second kappa shape index (κ2) is 6.55. The zero-order chi connectivity index (χ0) is 15.5. The summed E-state index contributed by atoms with van der Waals surface area (Å²) < 4.78 is 0. The van der Waals surface area contributed by atoms with Crippen LogP contribution in [-0.4, -0.2) is 12.2 Å². The number of nitrogens with one attached hydrogen (secondary N) is 1. The molecule has 1 aliphatic rings. The van der Waals surface area contributed by atoms with Gasteiger partial charge in [0, 0.05) is 9.77 Å². The highest BCUT2D eigenvalue weighted by Gasteiger charge is 2.22. The molecule has 0 aliphatic heterocycles. The first-order valence-electron chi connectivity index (χ1n) is 7.23. The summed E-state index contributed by atoms with van der Waals surface area (Å²) in [5.74, 6) is -0.139. The second-order valence-electron chi connectivity index (χ2n) is 5.18. The van der Waals surface area contributed by atoms with Crippen LogP contribution in [0, 0.1) is 11.3 Å². The first-order valence-corrected chi connectivity index (χ1v) is 9.27. The van der Waals surface area contributed by atoms with Crippen molar-refractivity contribution >= 4 is 34.0 Å². The quantitative estimate of drug-likeness (QED) is 0.846. The second-order valence-corrected chi connectivity index (χ2v) is 7.13. The van der Waals surface area contributed by atoms with Crippen molar-refractivity contribution in [1.29, 1.82) is 5.26 Å². The third kappa shape index (κ3) is 2.77. The van der Waals surface area contributed by atoms with E-state index in [1.807, 2.05) is 30.5 Å². The highest BCUT2D eigenvalue weighted by molar-refractivity contribution is 7.98. The number of amides is 1. The molecule has 1 heterocycles. The van der Waals surface area contributed by atoms with Gasteiger partial charge in [0.15, 0.2) is 0 Å². The number of rotatable bonds is 3. The van der Waals surface area contributed by atoms with Crippen molar-refractivity contribution in [2.24, 2.45) is 0 Å². The van der Waals surface area contributed by atoms with E-state index in [1.54, 1.807) is 23.1 Å². The van der Waals surface area contributed by atoms with Gasteiger partial charge >= 0.3 is 0 Å². The summed E-state index contributed by atoms with van der Waals surface area (Å²) in [5.41, 5.74) is 2.46. The zero-order valence-electron chi connectivity index (χ0n) is 12.3. The third-order valence-corrected chi connectivity index (χ3v) is 5.86. The van der Waals surface area contributed by atoms with E-state index in [0.717, 1.165) is 29.7 Å². The van der Waals surface area contributed by atoms with Crippen LogP contribution in [0.25, 0.3) is 0 Å². The number of fused-ring (bicyclic) bond motifs is 1. The molecular formula is C17H16N2OS2. The largest absolute Gasteiger partial charge is 0.312 e. The molecule has 3 nitrogen and oxygen atoms in total. The fourth-order valence-electron chi connectivity index (χ4n) is 2.77. The van der Waals surface area contributed by atoms with Crippen LogP contribution in [0.4, 0.5) is 5.00 Å². The Hall–Kier alpha value is -1.77. The van der Waals surface area contributed by atoms with Crippen LogP contribution in [-0.2, 0) is 12.8 Å². The van der Waals surface area contributed by atoms with Crippen molar-refractivity contribution < 1.29 is 4.79 Å². The lowest BCUT2D eigenvalue weighted by atomic mass is 9.96. The van der Waals surface area contributed by atoms with Crippen LogP contribution in [0.1, 0.15) is 39.2 Å². The number of thiophene rings is 1. The van der Waals surface area contributed by atoms with Gasteiger partial charge in [0.05, 0.1) is 11.1 Å². The predicted octanol–water partition coefficient (Wildman–Crippen LogP) is 4.47. The number of nitriles is 1. The lowest BCUT2D eigenvalue weighted by Crippen LogP contribution is -2.12. The number of benzene rings is 1. The molecule has 1 aliphatic carbocycles. The molecule has 0 bridgehead atoms. The number of carbonyl (C=O) groups is 1. The Balaban J connectivity index is 1.92. The number of hydrogen-bond acceptors (Lipinski definition) is 4. The van der Waals surface area contributed by atoms with Crippen molar-refractivity contribution in [2.75, 3.05) is 11.6 Å². The summed E-state index contributed by atoms with van der Waals surface area (Å²) in [4.78, 5) is 14.8. The van der Waals surface area contributed by atoms with Crippen LogP contribution >= 0.6 is 23.1 Å². The van der Waals surface area contributed by atoms with E-state index < -0.39 is 0 Å². The SMILES string of the molecule is CSc1ccccc1C(=O)Nc1sc2c(c1C#N)CCCC2. The Morgan fingerprint density at radius 1 is 1.32 bits per heavy atom. The van der Waals surface area contributed by atoms with E-state index in [1.165, 1.54) is 11.3 Å². The molecule has 0 saturated heterocycles. The highest BCUT2D eigenvalue weighted by atomic mass is 32.2. The van der Waals surface area contributed by atoms with Gasteiger partial charge in [0.2, 0.25) is 0 Å². The van der Waals surface area contributed by atoms with Crippen molar-refractivity contribution in [3.8, 4) is 6.07 Å². The minimum absolute atomic E-state index is 0.139. The molecule has 112 valence electrons. The summed E-state index contributed by atoms with van der Waals surface area (Å²) in [5, 5.41) is 13.1. The Morgan fingerprint density at radius 3 is 2.86 bits per heavy atom. The van der Waals surface area contributed by atoms with E-state index in [2.05, 4.69) is 11.4 Å². The number of anilines is 1. The lowest BCUT2D eigenvalue weighted by molar-refractivity contribution is 0.102. The molecule has 5 heteroatoms. The standard InChI is InChI=1S/C17H16N2OS2/c1-21-14-8-4-3-7-12(14)16(20)19-17-13(10-18)11-6-2-5-9-15(11)22-17/h3-4,7-8H,2,5-6,9H2,1H3,(H,19,20). The average Bonchev–Trinajstić information content (AvgIpc) is 2.91. The third-order valence-electron chi connectivity index (χ3n) is 3.86. The van der Waals surface area contributed by atoms with Gasteiger partial charge in [-0.05, 0) is 49.6 Å². The molecule has 1 amide bonds. The Kier molecular flexibility index (Phi) is 4.51.